The number of ether oxygens (including phenoxy) is 1. The number of fused-ring (bicyclic) bond motifs is 1. The monoisotopic (exact) mass is 573 g/mol. The van der Waals surface area contributed by atoms with Gasteiger partial charge in [-0.2, -0.15) is 0 Å². The van der Waals surface area contributed by atoms with Crippen LogP contribution in [0, 0.1) is 0 Å². The van der Waals surface area contributed by atoms with Crippen LogP contribution in [0.5, 0.6) is 0 Å². The number of hydrogen-bond donors (Lipinski definition) is 6. The molecule has 2 atom stereocenters. The summed E-state index contributed by atoms with van der Waals surface area (Å²) in [5, 5.41) is 21.3. The lowest BCUT2D eigenvalue weighted by Crippen LogP contribution is -2.50. The Morgan fingerprint density at radius 1 is 1.15 bits per heavy atom. The largest absolute Gasteiger partial charge is 0.390 e. The summed E-state index contributed by atoms with van der Waals surface area (Å²) in [6.07, 6.45) is 2.16. The molecule has 10 nitrogen and oxygen atoms in total. The molecule has 40 heavy (non-hydrogen) atoms. The van der Waals surface area contributed by atoms with E-state index in [9.17, 15) is 19.0 Å². The topological polar surface area (TPSA) is 130 Å². The second kappa shape index (κ2) is 13.0. The molecule has 2 aromatic carbocycles. The maximum absolute atomic E-state index is 13.8. The Labute approximate surface area is 238 Å². The van der Waals surface area contributed by atoms with Crippen molar-refractivity contribution < 1.29 is 23.7 Å². The van der Waals surface area contributed by atoms with Crippen LogP contribution in [0.15, 0.2) is 42.5 Å². The van der Waals surface area contributed by atoms with Crippen molar-refractivity contribution in [3.05, 3.63) is 53.6 Å². The van der Waals surface area contributed by atoms with Crippen LogP contribution in [0.4, 0.5) is 17.1 Å². The van der Waals surface area contributed by atoms with Gasteiger partial charge >= 0.3 is 0 Å². The summed E-state index contributed by atoms with van der Waals surface area (Å²) < 4.78 is 28.7. The first-order valence-corrected chi connectivity index (χ1v) is 16.1. The lowest BCUT2D eigenvalue weighted by atomic mass is 9.99. The molecule has 2 fully saturated rings. The molecule has 1 amide bonds. The average molecular weight is 574 g/mol. The van der Waals surface area contributed by atoms with Gasteiger partial charge in [0, 0.05) is 57.5 Å². The summed E-state index contributed by atoms with van der Waals surface area (Å²) >= 11 is 0. The summed E-state index contributed by atoms with van der Waals surface area (Å²) in [7, 11) is -2.95. The molecule has 0 aliphatic carbocycles. The molecule has 6 N–H and O–H groups in total. The molecule has 3 heterocycles. The molecule has 0 bridgehead atoms. The predicted octanol–water partition coefficient (Wildman–Crippen LogP) is 3.28. The van der Waals surface area contributed by atoms with Crippen molar-refractivity contribution in [2.45, 2.75) is 50.8 Å². The highest BCUT2D eigenvalue weighted by atomic mass is 32.3. The third kappa shape index (κ3) is 6.67. The van der Waals surface area contributed by atoms with E-state index < -0.39 is 22.9 Å². The van der Waals surface area contributed by atoms with Crippen molar-refractivity contribution in [3.8, 4) is 0 Å². The number of anilines is 3. The quantitative estimate of drug-likeness (QED) is 0.254. The number of aliphatic hydroxyl groups is 1. The van der Waals surface area contributed by atoms with E-state index >= 15 is 0 Å². The lowest BCUT2D eigenvalue weighted by molar-refractivity contribution is 0.0657. The molecule has 0 saturated carbocycles. The first kappa shape index (κ1) is 29.0. The fraction of sp³-hybridized carbons (Fsp3) is 0.552. The minimum atomic E-state index is -2.95. The van der Waals surface area contributed by atoms with Gasteiger partial charge in [0.1, 0.15) is 0 Å². The molecule has 2 saturated heterocycles. The van der Waals surface area contributed by atoms with Crippen molar-refractivity contribution in [1.29, 1.82) is 0 Å². The zero-order valence-electron chi connectivity index (χ0n) is 23.2. The van der Waals surface area contributed by atoms with Gasteiger partial charge in [-0.25, -0.2) is 0 Å². The van der Waals surface area contributed by atoms with E-state index in [0.717, 1.165) is 49.4 Å². The second-order valence-corrected chi connectivity index (χ2v) is 12.9. The third-order valence-corrected chi connectivity index (χ3v) is 10.0. The molecule has 2 aromatic rings. The van der Waals surface area contributed by atoms with Crippen molar-refractivity contribution in [2.75, 3.05) is 66.2 Å². The van der Waals surface area contributed by atoms with Crippen LogP contribution in [0.25, 0.3) is 0 Å². The van der Waals surface area contributed by atoms with Gasteiger partial charge in [0.15, 0.2) is 0 Å². The van der Waals surface area contributed by atoms with Crippen LogP contribution in [0.1, 0.15) is 42.1 Å². The number of amides is 1. The van der Waals surface area contributed by atoms with Gasteiger partial charge in [0.05, 0.1) is 35.0 Å². The van der Waals surface area contributed by atoms with Crippen LogP contribution in [-0.4, -0.2) is 90.0 Å². The lowest BCUT2D eigenvalue weighted by Gasteiger charge is -2.41. The maximum atomic E-state index is 13.8. The predicted molar refractivity (Wildman–Crippen MR) is 162 cm³/mol. The fourth-order valence-corrected chi connectivity index (χ4v) is 7.42. The molecule has 0 spiro atoms. The number of rotatable bonds is 10. The molecule has 220 valence electrons. The zero-order valence-corrected chi connectivity index (χ0v) is 24.0. The van der Waals surface area contributed by atoms with Crippen molar-refractivity contribution in [1.82, 2.24) is 10.6 Å². The van der Waals surface area contributed by atoms with Crippen LogP contribution in [0.3, 0.4) is 0 Å². The number of nitrogens with one attached hydrogen (secondary N) is 3. The molecule has 0 aromatic heterocycles. The Morgan fingerprint density at radius 2 is 1.90 bits per heavy atom. The van der Waals surface area contributed by atoms with Gasteiger partial charge in [0.2, 0.25) is 0 Å². The molecule has 3 aliphatic heterocycles. The third-order valence-electron chi connectivity index (χ3n) is 8.08. The molecule has 0 unspecified atom stereocenters. The Morgan fingerprint density at radius 3 is 2.60 bits per heavy atom. The van der Waals surface area contributed by atoms with Crippen molar-refractivity contribution >= 4 is 33.7 Å². The van der Waals surface area contributed by atoms with Crippen LogP contribution >= 0.6 is 10.8 Å². The standard InChI is InChI=1S/C29H43N5O5S/c1-2-33-13-11-30-28-25(33)18-22(19-26(28)34-12-6-16-40(34,37)38)29(36)32-24(17-21-7-4-3-5-8-21)27(35)20-31-23-9-14-39-15-10-23/h3-5,7-8,18-19,23-24,27,30-31,35,37-38H,2,6,9-17,20H2,1H3,(H,32,36)/t24-,27+/m0/s1. The summed E-state index contributed by atoms with van der Waals surface area (Å²) in [6.45, 7) is 6.66. The highest BCUT2D eigenvalue weighted by Crippen LogP contribution is 2.54. The molecular weight excluding hydrogens is 530 g/mol. The van der Waals surface area contributed by atoms with E-state index in [1.54, 1.807) is 10.4 Å². The summed E-state index contributed by atoms with van der Waals surface area (Å²) in [4.78, 5) is 16.0. The van der Waals surface area contributed by atoms with E-state index in [1.165, 1.54) is 0 Å². The number of hydrogen-bond acceptors (Lipinski definition) is 9. The van der Waals surface area contributed by atoms with Gasteiger partial charge in [0.25, 0.3) is 5.91 Å². The average Bonchev–Trinajstić information content (AvgIpc) is 3.34. The fourth-order valence-electron chi connectivity index (χ4n) is 5.81. The number of benzene rings is 2. The van der Waals surface area contributed by atoms with Crippen LogP contribution in [0.2, 0.25) is 0 Å². The second-order valence-electron chi connectivity index (χ2n) is 10.8. The highest BCUT2D eigenvalue weighted by molar-refractivity contribution is 8.25. The van der Waals surface area contributed by atoms with Gasteiger partial charge in [-0.05, 0) is 50.3 Å². The maximum Gasteiger partial charge on any atom is 0.251 e. The molecule has 3 aliphatic rings. The molecule has 0 radical (unpaired) electrons. The molecule has 5 rings (SSSR count). The Balaban J connectivity index is 1.41. The summed E-state index contributed by atoms with van der Waals surface area (Å²) in [5.74, 6) is 0.0219. The smallest absolute Gasteiger partial charge is 0.251 e. The normalized spacial score (nSPS) is 21.3. The van der Waals surface area contributed by atoms with E-state index in [2.05, 4.69) is 27.8 Å². The van der Waals surface area contributed by atoms with Gasteiger partial charge < -0.3 is 30.7 Å². The van der Waals surface area contributed by atoms with Crippen LogP contribution < -0.4 is 25.2 Å². The van der Waals surface area contributed by atoms with E-state index in [-0.39, 0.29) is 11.9 Å². The van der Waals surface area contributed by atoms with Gasteiger partial charge in [-0.1, -0.05) is 30.3 Å². The summed E-state index contributed by atoms with van der Waals surface area (Å²) in [6, 6.07) is 13.3. The van der Waals surface area contributed by atoms with E-state index in [4.69, 9.17) is 4.74 Å². The van der Waals surface area contributed by atoms with Gasteiger partial charge in [-0.3, -0.25) is 18.2 Å². The number of nitrogens with zero attached hydrogens (tertiary/aromatic N) is 2. The zero-order chi connectivity index (χ0) is 28.1. The number of carbonyl (C=O) groups is 1. The van der Waals surface area contributed by atoms with E-state index in [0.29, 0.717) is 56.1 Å². The Bertz CT molecular complexity index is 1150. The Hall–Kier alpha value is -2.54. The minimum Gasteiger partial charge on any atom is -0.390 e. The highest BCUT2D eigenvalue weighted by Gasteiger charge is 2.34. The minimum absolute atomic E-state index is 0.285. The first-order chi connectivity index (χ1) is 19.4. The van der Waals surface area contributed by atoms with E-state index in [1.807, 2.05) is 36.4 Å². The number of carbonyl (C=O) groups excluding carboxylic acids is 1. The van der Waals surface area contributed by atoms with Crippen molar-refractivity contribution in [3.63, 3.8) is 0 Å². The first-order valence-electron chi connectivity index (χ1n) is 14.4. The Kier molecular flexibility index (Phi) is 9.39. The summed E-state index contributed by atoms with van der Waals surface area (Å²) in [5.41, 5.74) is 3.80. The van der Waals surface area contributed by atoms with Crippen LogP contribution in [-0.2, 0) is 11.2 Å². The molecule has 11 heteroatoms. The molecular formula is C29H43N5O5S. The van der Waals surface area contributed by atoms with Gasteiger partial charge in [-0.15, -0.1) is 10.8 Å². The number of likely N-dealkylation sites (N-methyl/N-ethyl adjacent to an activating group) is 1. The number of aliphatic hydroxyl groups excluding tert-OH is 1. The van der Waals surface area contributed by atoms with Crippen molar-refractivity contribution in [2.24, 2.45) is 0 Å². The SMILES string of the molecule is CCN1CCNc2c1cc(C(=O)N[C@@H](Cc1ccccc1)[C@H](O)CNC1CCOCC1)cc2N1CCCS1(O)O.